The summed E-state index contributed by atoms with van der Waals surface area (Å²) in [6.07, 6.45) is 4.05. The first-order valence-corrected chi connectivity index (χ1v) is 8.25. The number of ether oxygens (including phenoxy) is 1. The first-order valence-electron chi connectivity index (χ1n) is 8.25. The normalized spacial score (nSPS) is 18.5. The van der Waals surface area contributed by atoms with Crippen LogP contribution in [0.1, 0.15) is 23.0 Å². The van der Waals surface area contributed by atoms with Crippen LogP contribution in [0.15, 0.2) is 30.6 Å². The molecule has 3 rings (SSSR count). The Balaban J connectivity index is 1.70. The summed E-state index contributed by atoms with van der Waals surface area (Å²) >= 11 is 0. The highest BCUT2D eigenvalue weighted by Crippen LogP contribution is 2.14. The second-order valence-corrected chi connectivity index (χ2v) is 5.92. The molecule has 2 aromatic rings. The largest absolute Gasteiger partial charge is 0.374 e. The van der Waals surface area contributed by atoms with E-state index in [1.807, 2.05) is 25.1 Å². The summed E-state index contributed by atoms with van der Waals surface area (Å²) < 4.78 is 7.40. The second-order valence-electron chi connectivity index (χ2n) is 5.92. The van der Waals surface area contributed by atoms with Gasteiger partial charge in [-0.25, -0.2) is 9.67 Å². The van der Waals surface area contributed by atoms with Crippen LogP contribution in [0.5, 0.6) is 0 Å². The SMILES string of the molecule is CCc1c(C(=O)NC[C@H]2CN(C)CCO2)cnn1-c1ccccn1. The van der Waals surface area contributed by atoms with E-state index in [4.69, 9.17) is 4.74 Å². The number of carbonyl (C=O) groups is 1. The molecule has 0 spiro atoms. The van der Waals surface area contributed by atoms with Crippen LogP contribution in [-0.4, -0.2) is 65.0 Å². The van der Waals surface area contributed by atoms with Gasteiger partial charge in [-0.15, -0.1) is 0 Å². The molecule has 2 aromatic heterocycles. The summed E-state index contributed by atoms with van der Waals surface area (Å²) in [6.45, 7) is 4.97. The van der Waals surface area contributed by atoms with Gasteiger partial charge in [0.15, 0.2) is 5.82 Å². The van der Waals surface area contributed by atoms with Gasteiger partial charge in [0.25, 0.3) is 5.91 Å². The highest BCUT2D eigenvalue weighted by molar-refractivity contribution is 5.95. The third kappa shape index (κ3) is 3.63. The molecule has 128 valence electrons. The summed E-state index contributed by atoms with van der Waals surface area (Å²) in [4.78, 5) is 19.0. The van der Waals surface area contributed by atoms with Crippen molar-refractivity contribution in [3.8, 4) is 5.82 Å². The Kier molecular flexibility index (Phi) is 5.22. The number of hydrogen-bond acceptors (Lipinski definition) is 5. The Morgan fingerprint density at radius 1 is 1.46 bits per heavy atom. The van der Waals surface area contributed by atoms with Crippen LogP contribution in [0, 0.1) is 0 Å². The topological polar surface area (TPSA) is 72.3 Å². The van der Waals surface area contributed by atoms with Gasteiger partial charge in [0.05, 0.1) is 30.2 Å². The fourth-order valence-electron chi connectivity index (χ4n) is 2.87. The van der Waals surface area contributed by atoms with Crippen molar-refractivity contribution in [2.75, 3.05) is 33.3 Å². The molecule has 1 N–H and O–H groups in total. The van der Waals surface area contributed by atoms with Gasteiger partial charge in [0.2, 0.25) is 0 Å². The molecule has 0 aromatic carbocycles. The average molecular weight is 329 g/mol. The number of amides is 1. The van der Waals surface area contributed by atoms with Crippen LogP contribution < -0.4 is 5.32 Å². The lowest BCUT2D eigenvalue weighted by Gasteiger charge is -2.30. The first-order chi connectivity index (χ1) is 11.7. The number of aromatic nitrogens is 3. The number of carbonyl (C=O) groups excluding carboxylic acids is 1. The van der Waals surface area contributed by atoms with Crippen molar-refractivity contribution < 1.29 is 9.53 Å². The van der Waals surface area contributed by atoms with E-state index in [1.165, 1.54) is 0 Å². The van der Waals surface area contributed by atoms with Crippen molar-refractivity contribution in [2.45, 2.75) is 19.4 Å². The molecule has 24 heavy (non-hydrogen) atoms. The van der Waals surface area contributed by atoms with Crippen LogP contribution >= 0.6 is 0 Å². The molecule has 1 amide bonds. The molecule has 7 heteroatoms. The summed E-state index contributed by atoms with van der Waals surface area (Å²) in [7, 11) is 2.06. The minimum atomic E-state index is -0.120. The Hall–Kier alpha value is -2.25. The Labute approximate surface area is 141 Å². The van der Waals surface area contributed by atoms with Crippen molar-refractivity contribution >= 4 is 5.91 Å². The number of nitrogens with zero attached hydrogens (tertiary/aromatic N) is 4. The molecule has 1 aliphatic heterocycles. The van der Waals surface area contributed by atoms with Gasteiger partial charge in [-0.3, -0.25) is 4.79 Å². The monoisotopic (exact) mass is 329 g/mol. The van der Waals surface area contributed by atoms with Crippen LogP contribution in [0.3, 0.4) is 0 Å². The summed E-state index contributed by atoms with van der Waals surface area (Å²) in [5, 5.41) is 7.30. The van der Waals surface area contributed by atoms with E-state index in [2.05, 4.69) is 27.3 Å². The number of nitrogens with one attached hydrogen (secondary N) is 1. The molecule has 0 radical (unpaired) electrons. The van der Waals surface area contributed by atoms with E-state index >= 15 is 0 Å². The fourth-order valence-corrected chi connectivity index (χ4v) is 2.87. The number of pyridine rings is 1. The minimum Gasteiger partial charge on any atom is -0.374 e. The van der Waals surface area contributed by atoms with Gasteiger partial charge in [0, 0.05) is 25.8 Å². The smallest absolute Gasteiger partial charge is 0.254 e. The molecular formula is C17H23N5O2. The number of morpholine rings is 1. The molecular weight excluding hydrogens is 306 g/mol. The van der Waals surface area contributed by atoms with Gasteiger partial charge < -0.3 is 15.0 Å². The van der Waals surface area contributed by atoms with Crippen molar-refractivity contribution in [1.82, 2.24) is 25.0 Å². The molecule has 7 nitrogen and oxygen atoms in total. The fraction of sp³-hybridized carbons (Fsp3) is 0.471. The van der Waals surface area contributed by atoms with Gasteiger partial charge >= 0.3 is 0 Å². The van der Waals surface area contributed by atoms with Crippen molar-refractivity contribution in [3.05, 3.63) is 41.9 Å². The maximum Gasteiger partial charge on any atom is 0.254 e. The maximum absolute atomic E-state index is 12.5. The molecule has 1 fully saturated rings. The lowest BCUT2D eigenvalue weighted by atomic mass is 10.2. The van der Waals surface area contributed by atoms with Crippen LogP contribution in [-0.2, 0) is 11.2 Å². The van der Waals surface area contributed by atoms with E-state index in [0.717, 1.165) is 18.8 Å². The predicted molar refractivity (Wildman–Crippen MR) is 90.3 cm³/mol. The number of hydrogen-bond donors (Lipinski definition) is 1. The first kappa shape index (κ1) is 16.6. The molecule has 1 aliphatic rings. The zero-order valence-corrected chi connectivity index (χ0v) is 14.1. The van der Waals surface area contributed by atoms with E-state index < -0.39 is 0 Å². The molecule has 3 heterocycles. The van der Waals surface area contributed by atoms with Gasteiger partial charge in [-0.1, -0.05) is 13.0 Å². The van der Waals surface area contributed by atoms with Gasteiger partial charge in [0.1, 0.15) is 0 Å². The van der Waals surface area contributed by atoms with Crippen LogP contribution in [0.2, 0.25) is 0 Å². The van der Waals surface area contributed by atoms with Crippen molar-refractivity contribution in [1.29, 1.82) is 0 Å². The third-order valence-electron chi connectivity index (χ3n) is 4.15. The average Bonchev–Trinajstić information content (AvgIpc) is 3.04. The Bertz CT molecular complexity index is 686. The molecule has 0 saturated carbocycles. The lowest BCUT2D eigenvalue weighted by Crippen LogP contribution is -2.46. The van der Waals surface area contributed by atoms with Crippen LogP contribution in [0.4, 0.5) is 0 Å². The van der Waals surface area contributed by atoms with E-state index in [-0.39, 0.29) is 12.0 Å². The predicted octanol–water partition coefficient (Wildman–Crippen LogP) is 0.890. The molecule has 1 atom stereocenters. The van der Waals surface area contributed by atoms with Crippen molar-refractivity contribution in [2.24, 2.45) is 0 Å². The van der Waals surface area contributed by atoms with E-state index in [1.54, 1.807) is 17.1 Å². The van der Waals surface area contributed by atoms with E-state index in [9.17, 15) is 4.79 Å². The quantitative estimate of drug-likeness (QED) is 0.882. The third-order valence-corrected chi connectivity index (χ3v) is 4.15. The summed E-state index contributed by atoms with van der Waals surface area (Å²) in [5.41, 5.74) is 1.44. The number of rotatable bonds is 5. The molecule has 0 bridgehead atoms. The Morgan fingerprint density at radius 3 is 3.04 bits per heavy atom. The zero-order valence-electron chi connectivity index (χ0n) is 14.1. The number of likely N-dealkylation sites (N-methyl/N-ethyl adjacent to an activating group) is 1. The zero-order chi connectivity index (χ0) is 16.9. The standard InChI is InChI=1S/C17H23N5O2/c1-3-15-14(11-20-22(15)16-6-4-5-7-18-16)17(23)19-10-13-12-21(2)8-9-24-13/h4-7,11,13H,3,8-10,12H2,1-2H3,(H,19,23)/t13-/m0/s1. The van der Waals surface area contributed by atoms with Crippen molar-refractivity contribution in [3.63, 3.8) is 0 Å². The Morgan fingerprint density at radius 2 is 2.33 bits per heavy atom. The second kappa shape index (κ2) is 7.55. The maximum atomic E-state index is 12.5. The molecule has 0 aliphatic carbocycles. The highest BCUT2D eigenvalue weighted by Gasteiger charge is 2.21. The van der Waals surface area contributed by atoms with E-state index in [0.29, 0.717) is 31.0 Å². The summed E-state index contributed by atoms with van der Waals surface area (Å²) in [6, 6.07) is 5.63. The minimum absolute atomic E-state index is 0.0311. The van der Waals surface area contributed by atoms with Crippen LogP contribution in [0.25, 0.3) is 5.82 Å². The van der Waals surface area contributed by atoms with Gasteiger partial charge in [-0.05, 0) is 25.6 Å². The molecule has 0 unspecified atom stereocenters. The lowest BCUT2D eigenvalue weighted by molar-refractivity contribution is -0.0175. The van der Waals surface area contributed by atoms with Gasteiger partial charge in [-0.2, -0.15) is 5.10 Å². The molecule has 1 saturated heterocycles. The summed E-state index contributed by atoms with van der Waals surface area (Å²) in [5.74, 6) is 0.594. The highest BCUT2D eigenvalue weighted by atomic mass is 16.5.